The maximum Gasteiger partial charge on any atom is 0.0372 e. The largest absolute Gasteiger partial charge is 0.310 e. The molecule has 0 bridgehead atoms. The summed E-state index contributed by atoms with van der Waals surface area (Å²) in [7, 11) is 0. The van der Waals surface area contributed by atoms with E-state index in [-0.39, 0.29) is 0 Å². The molecule has 2 aromatic rings. The molecule has 4 heteroatoms. The van der Waals surface area contributed by atoms with Crippen LogP contribution < -0.4 is 5.32 Å². The van der Waals surface area contributed by atoms with Crippen molar-refractivity contribution in [2.45, 2.75) is 19.4 Å². The van der Waals surface area contributed by atoms with Crippen molar-refractivity contribution in [2.75, 3.05) is 6.54 Å². The predicted molar refractivity (Wildman–Crippen MR) is 86.3 cm³/mol. The number of halogens is 2. The molecule has 0 saturated carbocycles. The van der Waals surface area contributed by atoms with Crippen LogP contribution in [0.2, 0.25) is 0 Å². The van der Waals surface area contributed by atoms with Crippen molar-refractivity contribution in [2.24, 2.45) is 0 Å². The number of thiophene rings is 1. The monoisotopic (exact) mass is 387 g/mol. The fourth-order valence-electron chi connectivity index (χ4n) is 1.96. The van der Waals surface area contributed by atoms with Crippen LogP contribution in [0.5, 0.6) is 0 Å². The van der Waals surface area contributed by atoms with Crippen LogP contribution in [0.3, 0.4) is 0 Å². The molecular weight excluding hydrogens is 374 g/mol. The number of hydrogen-bond acceptors (Lipinski definition) is 2. The Hall–Kier alpha value is -0.160. The van der Waals surface area contributed by atoms with E-state index in [1.165, 1.54) is 11.1 Å². The summed E-state index contributed by atoms with van der Waals surface area (Å²) in [5, 5.41) is 7.91. The van der Waals surface area contributed by atoms with E-state index in [2.05, 4.69) is 79.1 Å². The molecule has 1 aromatic heterocycles. The highest BCUT2D eigenvalue weighted by molar-refractivity contribution is 9.11. The Labute approximate surface area is 129 Å². The van der Waals surface area contributed by atoms with Crippen molar-refractivity contribution in [1.29, 1.82) is 0 Å². The van der Waals surface area contributed by atoms with Crippen LogP contribution in [0, 0.1) is 0 Å². The van der Waals surface area contributed by atoms with Crippen LogP contribution in [0.15, 0.2) is 44.0 Å². The highest BCUT2D eigenvalue weighted by Gasteiger charge is 2.14. The topological polar surface area (TPSA) is 12.0 Å². The average molecular weight is 389 g/mol. The van der Waals surface area contributed by atoms with E-state index in [0.717, 1.165) is 21.9 Å². The molecule has 0 aliphatic carbocycles. The molecule has 0 saturated heterocycles. The van der Waals surface area contributed by atoms with E-state index < -0.39 is 0 Å². The standard InChI is InChI=1S/C14H15Br2NS/c1-2-17-14(7-10-5-6-18-9-10)12-8-11(15)3-4-13(12)16/h3-6,8-9,14,17H,2,7H2,1H3. The molecular formula is C14H15Br2NS. The van der Waals surface area contributed by atoms with Crippen molar-refractivity contribution in [3.63, 3.8) is 0 Å². The molecule has 1 heterocycles. The molecule has 96 valence electrons. The minimum Gasteiger partial charge on any atom is -0.310 e. The molecule has 1 N–H and O–H groups in total. The third-order valence-electron chi connectivity index (χ3n) is 2.80. The normalized spacial score (nSPS) is 12.6. The van der Waals surface area contributed by atoms with Crippen molar-refractivity contribution in [3.05, 3.63) is 55.1 Å². The minimum atomic E-state index is 0.344. The third-order valence-corrected chi connectivity index (χ3v) is 4.75. The quantitative estimate of drug-likeness (QED) is 0.745. The van der Waals surface area contributed by atoms with Crippen molar-refractivity contribution in [1.82, 2.24) is 5.32 Å². The van der Waals surface area contributed by atoms with E-state index in [9.17, 15) is 0 Å². The molecule has 0 aliphatic heterocycles. The van der Waals surface area contributed by atoms with Gasteiger partial charge in [-0.15, -0.1) is 0 Å². The zero-order chi connectivity index (χ0) is 13.0. The minimum absolute atomic E-state index is 0.344. The molecule has 0 fully saturated rings. The Morgan fingerprint density at radius 3 is 2.78 bits per heavy atom. The van der Waals surface area contributed by atoms with Crippen LogP contribution in [-0.4, -0.2) is 6.54 Å². The van der Waals surface area contributed by atoms with E-state index in [4.69, 9.17) is 0 Å². The molecule has 2 rings (SSSR count). The van der Waals surface area contributed by atoms with Gasteiger partial charge in [-0.05, 0) is 59.1 Å². The van der Waals surface area contributed by atoms with Crippen LogP contribution in [0.25, 0.3) is 0 Å². The first kappa shape index (κ1) is 14.3. The molecule has 18 heavy (non-hydrogen) atoms. The third kappa shape index (κ3) is 3.67. The first-order valence-electron chi connectivity index (χ1n) is 5.90. The second-order valence-electron chi connectivity index (χ2n) is 4.11. The first-order valence-corrected chi connectivity index (χ1v) is 8.43. The SMILES string of the molecule is CCNC(Cc1ccsc1)c1cc(Br)ccc1Br. The van der Waals surface area contributed by atoms with Gasteiger partial charge in [-0.1, -0.05) is 38.8 Å². The van der Waals surface area contributed by atoms with Gasteiger partial charge in [-0.3, -0.25) is 0 Å². The maximum absolute atomic E-state index is 3.65. The van der Waals surface area contributed by atoms with Crippen LogP contribution in [0.4, 0.5) is 0 Å². The summed E-state index contributed by atoms with van der Waals surface area (Å²) in [6, 6.07) is 8.87. The van der Waals surface area contributed by atoms with Gasteiger partial charge in [0.25, 0.3) is 0 Å². The number of benzene rings is 1. The van der Waals surface area contributed by atoms with Gasteiger partial charge in [0.05, 0.1) is 0 Å². The van der Waals surface area contributed by atoms with Gasteiger partial charge < -0.3 is 5.32 Å². The summed E-state index contributed by atoms with van der Waals surface area (Å²) in [6.07, 6.45) is 1.02. The molecule has 1 nitrogen and oxygen atoms in total. The number of rotatable bonds is 5. The van der Waals surface area contributed by atoms with Gasteiger partial charge in [0.1, 0.15) is 0 Å². The zero-order valence-corrected chi connectivity index (χ0v) is 14.1. The molecule has 0 amide bonds. The number of hydrogen-bond donors (Lipinski definition) is 1. The highest BCUT2D eigenvalue weighted by Crippen LogP contribution is 2.29. The molecule has 1 unspecified atom stereocenters. The number of likely N-dealkylation sites (N-methyl/N-ethyl adjacent to an activating group) is 1. The van der Waals surface area contributed by atoms with Gasteiger partial charge in [0.15, 0.2) is 0 Å². The Morgan fingerprint density at radius 1 is 1.28 bits per heavy atom. The number of nitrogens with one attached hydrogen (secondary N) is 1. The summed E-state index contributed by atoms with van der Waals surface area (Å²) in [6.45, 7) is 3.11. The zero-order valence-electron chi connectivity index (χ0n) is 10.1. The van der Waals surface area contributed by atoms with E-state index in [1.54, 1.807) is 11.3 Å². The Bertz CT molecular complexity index is 497. The Kier molecular flexibility index (Phi) is 5.42. The van der Waals surface area contributed by atoms with Gasteiger partial charge >= 0.3 is 0 Å². The second kappa shape index (κ2) is 6.85. The highest BCUT2D eigenvalue weighted by atomic mass is 79.9. The Morgan fingerprint density at radius 2 is 2.11 bits per heavy atom. The summed E-state index contributed by atoms with van der Waals surface area (Å²) in [4.78, 5) is 0. The lowest BCUT2D eigenvalue weighted by molar-refractivity contribution is 0.548. The molecule has 0 aliphatic rings. The lowest BCUT2D eigenvalue weighted by atomic mass is 10.0. The summed E-state index contributed by atoms with van der Waals surface area (Å²) in [5.74, 6) is 0. The molecule has 0 radical (unpaired) electrons. The fourth-order valence-corrected chi connectivity index (χ4v) is 3.55. The van der Waals surface area contributed by atoms with Gasteiger partial charge in [0.2, 0.25) is 0 Å². The van der Waals surface area contributed by atoms with E-state index in [0.29, 0.717) is 6.04 Å². The average Bonchev–Trinajstić information content (AvgIpc) is 2.85. The molecule has 1 aromatic carbocycles. The first-order chi connectivity index (χ1) is 8.70. The smallest absolute Gasteiger partial charge is 0.0372 e. The molecule has 0 spiro atoms. The Balaban J connectivity index is 2.26. The van der Waals surface area contributed by atoms with Gasteiger partial charge in [0, 0.05) is 15.0 Å². The van der Waals surface area contributed by atoms with Crippen LogP contribution >= 0.6 is 43.2 Å². The van der Waals surface area contributed by atoms with Gasteiger partial charge in [-0.25, -0.2) is 0 Å². The second-order valence-corrected chi connectivity index (χ2v) is 6.66. The van der Waals surface area contributed by atoms with Gasteiger partial charge in [-0.2, -0.15) is 11.3 Å². The maximum atomic E-state index is 3.65. The summed E-state index contributed by atoms with van der Waals surface area (Å²) < 4.78 is 2.28. The predicted octanol–water partition coefficient (Wildman–Crippen LogP) is 5.17. The van der Waals surface area contributed by atoms with Crippen molar-refractivity contribution >= 4 is 43.2 Å². The molecule has 1 atom stereocenters. The lowest BCUT2D eigenvalue weighted by Gasteiger charge is -2.19. The summed E-state index contributed by atoms with van der Waals surface area (Å²) >= 11 is 8.95. The fraction of sp³-hybridized carbons (Fsp3) is 0.286. The van der Waals surface area contributed by atoms with Crippen molar-refractivity contribution < 1.29 is 0 Å². The van der Waals surface area contributed by atoms with Crippen molar-refractivity contribution in [3.8, 4) is 0 Å². The lowest BCUT2D eigenvalue weighted by Crippen LogP contribution is -2.23. The van der Waals surface area contributed by atoms with E-state index in [1.807, 2.05) is 0 Å². The summed E-state index contributed by atoms with van der Waals surface area (Å²) in [5.41, 5.74) is 2.69. The van der Waals surface area contributed by atoms with Crippen LogP contribution in [-0.2, 0) is 6.42 Å². The van der Waals surface area contributed by atoms with E-state index >= 15 is 0 Å². The van der Waals surface area contributed by atoms with Crippen LogP contribution in [0.1, 0.15) is 24.1 Å².